The lowest BCUT2D eigenvalue weighted by Crippen LogP contribution is -2.49. The Bertz CT molecular complexity index is 786. The molecule has 2 amide bonds. The van der Waals surface area contributed by atoms with Crippen molar-refractivity contribution < 1.29 is 14.3 Å². The molecule has 5 nitrogen and oxygen atoms in total. The largest absolute Gasteiger partial charge is 0.483 e. The van der Waals surface area contributed by atoms with Gasteiger partial charge in [-0.25, -0.2) is 0 Å². The summed E-state index contributed by atoms with van der Waals surface area (Å²) in [7, 11) is 0. The zero-order valence-electron chi connectivity index (χ0n) is 15.2. The van der Waals surface area contributed by atoms with Crippen LogP contribution in [-0.2, 0) is 16.1 Å². The minimum atomic E-state index is -0.616. The highest BCUT2D eigenvalue weighted by molar-refractivity contribution is 9.10. The van der Waals surface area contributed by atoms with Gasteiger partial charge in [-0.3, -0.25) is 9.59 Å². The third kappa shape index (κ3) is 6.26. The average Bonchev–Trinajstić information content (AvgIpc) is 2.65. The van der Waals surface area contributed by atoms with Crippen molar-refractivity contribution in [2.45, 2.75) is 26.4 Å². The summed E-state index contributed by atoms with van der Waals surface area (Å²) in [4.78, 5) is 26.6. The standard InChI is InChI=1S/C20H22BrClN2O3/c1-3-23-20(26)14(2)24(12-15-7-5-4-6-8-15)19(25)13-27-18-10-9-16(22)11-17(18)21/h4-11,14H,3,12-13H2,1-2H3,(H,23,26). The first-order valence-electron chi connectivity index (χ1n) is 8.61. The van der Waals surface area contributed by atoms with Crippen molar-refractivity contribution in [1.82, 2.24) is 10.2 Å². The molecule has 0 saturated carbocycles. The van der Waals surface area contributed by atoms with E-state index in [1.165, 1.54) is 4.90 Å². The Morgan fingerprint density at radius 1 is 1.22 bits per heavy atom. The number of ether oxygens (including phenoxy) is 1. The maximum Gasteiger partial charge on any atom is 0.261 e. The molecule has 7 heteroatoms. The molecular weight excluding hydrogens is 432 g/mol. The summed E-state index contributed by atoms with van der Waals surface area (Å²) in [5.74, 6) is 0.0342. The van der Waals surface area contributed by atoms with Crippen LogP contribution in [-0.4, -0.2) is 35.9 Å². The van der Waals surface area contributed by atoms with Crippen LogP contribution in [0.5, 0.6) is 5.75 Å². The minimum absolute atomic E-state index is 0.184. The van der Waals surface area contributed by atoms with Gasteiger partial charge in [0.15, 0.2) is 6.61 Å². The van der Waals surface area contributed by atoms with Crippen LogP contribution in [0.2, 0.25) is 5.02 Å². The number of hydrogen-bond acceptors (Lipinski definition) is 3. The molecule has 0 heterocycles. The van der Waals surface area contributed by atoms with Gasteiger partial charge in [0.05, 0.1) is 4.47 Å². The molecule has 1 atom stereocenters. The van der Waals surface area contributed by atoms with Gasteiger partial charge in [-0.15, -0.1) is 0 Å². The van der Waals surface area contributed by atoms with Crippen LogP contribution in [0.1, 0.15) is 19.4 Å². The Morgan fingerprint density at radius 3 is 2.56 bits per heavy atom. The van der Waals surface area contributed by atoms with Gasteiger partial charge >= 0.3 is 0 Å². The third-order valence-corrected chi connectivity index (χ3v) is 4.81. The number of nitrogens with zero attached hydrogens (tertiary/aromatic N) is 1. The normalized spacial score (nSPS) is 11.6. The average molecular weight is 454 g/mol. The Morgan fingerprint density at radius 2 is 1.93 bits per heavy atom. The van der Waals surface area contributed by atoms with E-state index in [1.807, 2.05) is 37.3 Å². The Labute approximate surface area is 172 Å². The fourth-order valence-corrected chi connectivity index (χ4v) is 3.30. The van der Waals surface area contributed by atoms with Crippen LogP contribution in [0.4, 0.5) is 0 Å². The summed E-state index contributed by atoms with van der Waals surface area (Å²) in [6.07, 6.45) is 0. The summed E-state index contributed by atoms with van der Waals surface area (Å²) in [5, 5.41) is 3.33. The number of nitrogens with one attached hydrogen (secondary N) is 1. The van der Waals surface area contributed by atoms with E-state index in [0.717, 1.165) is 5.56 Å². The fourth-order valence-electron chi connectivity index (χ4n) is 2.50. The Balaban J connectivity index is 2.13. The van der Waals surface area contributed by atoms with Gasteiger partial charge in [0.2, 0.25) is 5.91 Å². The predicted octanol–water partition coefficient (Wildman–Crippen LogP) is 4.03. The third-order valence-electron chi connectivity index (χ3n) is 3.96. The van der Waals surface area contributed by atoms with Crippen molar-refractivity contribution in [3.8, 4) is 5.75 Å². The van der Waals surface area contributed by atoms with Gasteiger partial charge in [-0.2, -0.15) is 0 Å². The molecule has 0 radical (unpaired) electrons. The molecule has 1 unspecified atom stereocenters. The molecule has 1 N–H and O–H groups in total. The first-order chi connectivity index (χ1) is 12.9. The molecule has 2 aromatic carbocycles. The lowest BCUT2D eigenvalue weighted by Gasteiger charge is -2.28. The second kappa shape index (κ2) is 10.3. The van der Waals surface area contributed by atoms with Gasteiger partial charge in [0, 0.05) is 18.1 Å². The first kappa shape index (κ1) is 21.3. The quantitative estimate of drug-likeness (QED) is 0.656. The van der Waals surface area contributed by atoms with E-state index in [0.29, 0.717) is 28.3 Å². The van der Waals surface area contributed by atoms with Gasteiger partial charge in [0.25, 0.3) is 5.91 Å². The molecule has 2 rings (SSSR count). The monoisotopic (exact) mass is 452 g/mol. The second-order valence-corrected chi connectivity index (χ2v) is 7.23. The molecular formula is C20H22BrClN2O3. The van der Waals surface area contributed by atoms with Crippen molar-refractivity contribution in [2.75, 3.05) is 13.2 Å². The number of carbonyl (C=O) groups excluding carboxylic acids is 2. The molecule has 27 heavy (non-hydrogen) atoms. The molecule has 0 aromatic heterocycles. The van der Waals surface area contributed by atoms with E-state index >= 15 is 0 Å². The summed E-state index contributed by atoms with van der Waals surface area (Å²) in [5.41, 5.74) is 0.940. The topological polar surface area (TPSA) is 58.6 Å². The van der Waals surface area contributed by atoms with Crippen molar-refractivity contribution in [2.24, 2.45) is 0 Å². The highest BCUT2D eigenvalue weighted by atomic mass is 79.9. The molecule has 0 fully saturated rings. The first-order valence-corrected chi connectivity index (χ1v) is 9.78. The molecule has 0 saturated heterocycles. The van der Waals surface area contributed by atoms with E-state index < -0.39 is 6.04 Å². The van der Waals surface area contributed by atoms with E-state index in [4.69, 9.17) is 16.3 Å². The zero-order chi connectivity index (χ0) is 19.8. The fraction of sp³-hybridized carbons (Fsp3) is 0.300. The van der Waals surface area contributed by atoms with E-state index in [9.17, 15) is 9.59 Å². The highest BCUT2D eigenvalue weighted by Gasteiger charge is 2.26. The van der Waals surface area contributed by atoms with Crippen LogP contribution in [0.3, 0.4) is 0 Å². The number of hydrogen-bond donors (Lipinski definition) is 1. The van der Waals surface area contributed by atoms with Crippen molar-refractivity contribution in [1.29, 1.82) is 0 Å². The molecule has 144 valence electrons. The lowest BCUT2D eigenvalue weighted by atomic mass is 10.1. The van der Waals surface area contributed by atoms with Gasteiger partial charge in [-0.1, -0.05) is 41.9 Å². The number of rotatable bonds is 8. The molecule has 0 aliphatic carbocycles. The van der Waals surface area contributed by atoms with Crippen molar-refractivity contribution in [3.05, 3.63) is 63.6 Å². The number of carbonyl (C=O) groups is 2. The van der Waals surface area contributed by atoms with E-state index in [2.05, 4.69) is 21.2 Å². The van der Waals surface area contributed by atoms with E-state index in [1.54, 1.807) is 25.1 Å². The summed E-state index contributed by atoms with van der Waals surface area (Å²) >= 11 is 9.28. The van der Waals surface area contributed by atoms with Crippen LogP contribution < -0.4 is 10.1 Å². The van der Waals surface area contributed by atoms with Gasteiger partial charge < -0.3 is 15.0 Å². The second-order valence-electron chi connectivity index (χ2n) is 5.94. The highest BCUT2D eigenvalue weighted by Crippen LogP contribution is 2.28. The summed E-state index contributed by atoms with van der Waals surface area (Å²) in [6.45, 7) is 4.20. The number of likely N-dealkylation sites (N-methyl/N-ethyl adjacent to an activating group) is 1. The smallest absolute Gasteiger partial charge is 0.261 e. The molecule has 2 aromatic rings. The molecule has 0 aliphatic heterocycles. The minimum Gasteiger partial charge on any atom is -0.483 e. The summed E-state index contributed by atoms with van der Waals surface area (Å²) in [6, 6.07) is 14.0. The molecule has 0 bridgehead atoms. The zero-order valence-corrected chi connectivity index (χ0v) is 17.6. The van der Waals surface area contributed by atoms with Gasteiger partial charge in [0.1, 0.15) is 11.8 Å². The lowest BCUT2D eigenvalue weighted by molar-refractivity contribution is -0.142. The maximum atomic E-state index is 12.8. The van der Waals surface area contributed by atoms with Gasteiger partial charge in [-0.05, 0) is 53.5 Å². The SMILES string of the molecule is CCNC(=O)C(C)N(Cc1ccccc1)C(=O)COc1ccc(Cl)cc1Br. The number of halogens is 2. The van der Waals surface area contributed by atoms with E-state index in [-0.39, 0.29) is 18.4 Å². The maximum absolute atomic E-state index is 12.8. The van der Waals surface area contributed by atoms with Crippen LogP contribution >= 0.6 is 27.5 Å². The van der Waals surface area contributed by atoms with Crippen molar-refractivity contribution >= 4 is 39.3 Å². The Hall–Kier alpha value is -2.05. The van der Waals surface area contributed by atoms with Crippen LogP contribution in [0.25, 0.3) is 0 Å². The number of amides is 2. The Kier molecular flexibility index (Phi) is 8.13. The van der Waals surface area contributed by atoms with Crippen molar-refractivity contribution in [3.63, 3.8) is 0 Å². The number of benzene rings is 2. The molecule has 0 spiro atoms. The van der Waals surface area contributed by atoms with Crippen LogP contribution in [0.15, 0.2) is 53.0 Å². The summed E-state index contributed by atoms with van der Waals surface area (Å²) < 4.78 is 6.29. The molecule has 0 aliphatic rings. The predicted molar refractivity (Wildman–Crippen MR) is 110 cm³/mol. The van der Waals surface area contributed by atoms with Crippen LogP contribution in [0, 0.1) is 0 Å².